The first kappa shape index (κ1) is 21.5. The molecule has 2 rings (SSSR count). The zero-order chi connectivity index (χ0) is 20.0. The van der Waals surface area contributed by atoms with Gasteiger partial charge in [0.2, 0.25) is 11.8 Å². The first-order valence-electron chi connectivity index (χ1n) is 8.57. The Morgan fingerprint density at radius 3 is 2.41 bits per heavy atom. The lowest BCUT2D eigenvalue weighted by atomic mass is 10.1. The predicted molar refractivity (Wildman–Crippen MR) is 110 cm³/mol. The number of hydrogen-bond acceptors (Lipinski definition) is 2. The lowest BCUT2D eigenvalue weighted by molar-refractivity contribution is -0.140. The minimum Gasteiger partial charge on any atom is -0.355 e. The van der Waals surface area contributed by atoms with E-state index in [1.54, 1.807) is 43.3 Å². The van der Waals surface area contributed by atoms with Crippen molar-refractivity contribution >= 4 is 46.6 Å². The standard InChI is InChI=1S/C20H21Cl3N2O2/c1-3-24-20(27)13(2)25(12-15-7-8-17(22)18(23)10-15)19(26)11-14-5-4-6-16(21)9-14/h4-10,13H,3,11-12H2,1-2H3,(H,24,27)/t13-/m0/s1. The molecular weight excluding hydrogens is 407 g/mol. The third-order valence-corrected chi connectivity index (χ3v) is 5.07. The van der Waals surface area contributed by atoms with Crippen LogP contribution in [0.2, 0.25) is 15.1 Å². The maximum absolute atomic E-state index is 13.0. The number of hydrogen-bond donors (Lipinski definition) is 1. The molecule has 0 unspecified atom stereocenters. The van der Waals surface area contributed by atoms with Crippen molar-refractivity contribution in [1.29, 1.82) is 0 Å². The summed E-state index contributed by atoms with van der Waals surface area (Å²) in [5, 5.41) is 4.17. The van der Waals surface area contributed by atoms with Crippen LogP contribution in [-0.4, -0.2) is 29.3 Å². The van der Waals surface area contributed by atoms with Crippen molar-refractivity contribution in [3.63, 3.8) is 0 Å². The van der Waals surface area contributed by atoms with Crippen molar-refractivity contribution in [2.24, 2.45) is 0 Å². The minimum absolute atomic E-state index is 0.144. The van der Waals surface area contributed by atoms with Crippen LogP contribution in [0.25, 0.3) is 0 Å². The van der Waals surface area contributed by atoms with Gasteiger partial charge in [-0.15, -0.1) is 0 Å². The molecule has 0 aliphatic rings. The molecule has 0 aliphatic carbocycles. The molecule has 1 N–H and O–H groups in total. The zero-order valence-electron chi connectivity index (χ0n) is 15.1. The fraction of sp³-hybridized carbons (Fsp3) is 0.300. The highest BCUT2D eigenvalue weighted by Crippen LogP contribution is 2.24. The van der Waals surface area contributed by atoms with Crippen molar-refractivity contribution in [2.75, 3.05) is 6.54 Å². The highest BCUT2D eigenvalue weighted by molar-refractivity contribution is 6.42. The van der Waals surface area contributed by atoms with Gasteiger partial charge >= 0.3 is 0 Å². The Morgan fingerprint density at radius 1 is 1.04 bits per heavy atom. The van der Waals surface area contributed by atoms with Gasteiger partial charge in [-0.05, 0) is 49.2 Å². The Kier molecular flexibility index (Phi) is 7.96. The molecule has 0 aliphatic heterocycles. The number of halogens is 3. The first-order chi connectivity index (χ1) is 12.8. The number of rotatable bonds is 7. The van der Waals surface area contributed by atoms with Crippen LogP contribution in [0.3, 0.4) is 0 Å². The highest BCUT2D eigenvalue weighted by atomic mass is 35.5. The van der Waals surface area contributed by atoms with E-state index in [1.165, 1.54) is 4.90 Å². The van der Waals surface area contributed by atoms with Gasteiger partial charge in [0, 0.05) is 18.1 Å². The summed E-state index contributed by atoms with van der Waals surface area (Å²) >= 11 is 18.1. The van der Waals surface area contributed by atoms with Crippen molar-refractivity contribution < 1.29 is 9.59 Å². The predicted octanol–water partition coefficient (Wildman–Crippen LogP) is 4.74. The third kappa shape index (κ3) is 6.13. The van der Waals surface area contributed by atoms with Crippen LogP contribution in [-0.2, 0) is 22.6 Å². The van der Waals surface area contributed by atoms with Crippen LogP contribution in [0.1, 0.15) is 25.0 Å². The number of carbonyl (C=O) groups excluding carboxylic acids is 2. The molecule has 0 bridgehead atoms. The van der Waals surface area contributed by atoms with E-state index >= 15 is 0 Å². The minimum atomic E-state index is -0.633. The van der Waals surface area contributed by atoms with E-state index in [9.17, 15) is 9.59 Å². The molecule has 144 valence electrons. The molecule has 1 atom stereocenters. The van der Waals surface area contributed by atoms with E-state index in [4.69, 9.17) is 34.8 Å². The largest absolute Gasteiger partial charge is 0.355 e. The Hall–Kier alpha value is -1.75. The van der Waals surface area contributed by atoms with E-state index in [-0.39, 0.29) is 24.8 Å². The summed E-state index contributed by atoms with van der Waals surface area (Å²) in [5.74, 6) is -0.390. The average molecular weight is 428 g/mol. The normalized spacial score (nSPS) is 11.7. The summed E-state index contributed by atoms with van der Waals surface area (Å²) in [4.78, 5) is 26.8. The third-order valence-electron chi connectivity index (χ3n) is 4.10. The Labute approximate surface area is 174 Å². The van der Waals surface area contributed by atoms with Crippen LogP contribution in [0.15, 0.2) is 42.5 Å². The second kappa shape index (κ2) is 9.98. The number of benzene rings is 2. The molecular formula is C20H21Cl3N2O2. The number of likely N-dealkylation sites (N-methyl/N-ethyl adjacent to an activating group) is 1. The second-order valence-electron chi connectivity index (χ2n) is 6.15. The summed E-state index contributed by atoms with van der Waals surface area (Å²) in [6.07, 6.45) is 0.144. The molecule has 2 aromatic carbocycles. The zero-order valence-corrected chi connectivity index (χ0v) is 17.4. The summed E-state index contributed by atoms with van der Waals surface area (Å²) in [7, 11) is 0. The van der Waals surface area contributed by atoms with E-state index in [0.29, 0.717) is 21.6 Å². The molecule has 0 fully saturated rings. The average Bonchev–Trinajstić information content (AvgIpc) is 2.62. The highest BCUT2D eigenvalue weighted by Gasteiger charge is 2.26. The quantitative estimate of drug-likeness (QED) is 0.693. The van der Waals surface area contributed by atoms with E-state index < -0.39 is 6.04 Å². The van der Waals surface area contributed by atoms with Crippen molar-refractivity contribution in [3.8, 4) is 0 Å². The first-order valence-corrected chi connectivity index (χ1v) is 9.70. The summed E-state index contributed by atoms with van der Waals surface area (Å²) in [6.45, 7) is 4.28. The van der Waals surface area contributed by atoms with Crippen LogP contribution >= 0.6 is 34.8 Å². The molecule has 7 heteroatoms. The summed E-state index contributed by atoms with van der Waals surface area (Å²) in [5.41, 5.74) is 1.58. The van der Waals surface area contributed by atoms with Gasteiger partial charge in [-0.3, -0.25) is 9.59 Å². The number of nitrogens with one attached hydrogen (secondary N) is 1. The van der Waals surface area contributed by atoms with Crippen LogP contribution < -0.4 is 5.32 Å². The fourth-order valence-electron chi connectivity index (χ4n) is 2.66. The molecule has 4 nitrogen and oxygen atoms in total. The van der Waals surface area contributed by atoms with E-state index in [0.717, 1.165) is 11.1 Å². The topological polar surface area (TPSA) is 49.4 Å². The molecule has 2 amide bonds. The molecule has 0 spiro atoms. The molecule has 0 saturated heterocycles. The van der Waals surface area contributed by atoms with E-state index in [2.05, 4.69) is 5.32 Å². The van der Waals surface area contributed by atoms with Crippen molar-refractivity contribution in [2.45, 2.75) is 32.9 Å². The van der Waals surface area contributed by atoms with Gasteiger partial charge in [0.15, 0.2) is 0 Å². The van der Waals surface area contributed by atoms with Gasteiger partial charge in [-0.2, -0.15) is 0 Å². The summed E-state index contributed by atoms with van der Waals surface area (Å²) in [6, 6.07) is 11.7. The Bertz CT molecular complexity index is 827. The molecule has 0 heterocycles. The monoisotopic (exact) mass is 426 g/mol. The van der Waals surface area contributed by atoms with Crippen LogP contribution in [0, 0.1) is 0 Å². The van der Waals surface area contributed by atoms with Gasteiger partial charge in [-0.1, -0.05) is 53.0 Å². The second-order valence-corrected chi connectivity index (χ2v) is 7.40. The smallest absolute Gasteiger partial charge is 0.242 e. The Balaban J connectivity index is 2.26. The van der Waals surface area contributed by atoms with Crippen LogP contribution in [0.4, 0.5) is 0 Å². The SMILES string of the molecule is CCNC(=O)[C@H](C)N(Cc1ccc(Cl)c(Cl)c1)C(=O)Cc1cccc(Cl)c1. The van der Waals surface area contributed by atoms with Gasteiger partial charge in [0.1, 0.15) is 6.04 Å². The lowest BCUT2D eigenvalue weighted by Crippen LogP contribution is -2.48. The maximum atomic E-state index is 13.0. The van der Waals surface area contributed by atoms with E-state index in [1.807, 2.05) is 13.0 Å². The van der Waals surface area contributed by atoms with Gasteiger partial charge < -0.3 is 10.2 Å². The van der Waals surface area contributed by atoms with Crippen molar-refractivity contribution in [1.82, 2.24) is 10.2 Å². The lowest BCUT2D eigenvalue weighted by Gasteiger charge is -2.29. The molecule has 2 aromatic rings. The molecule has 0 radical (unpaired) electrons. The number of amides is 2. The van der Waals surface area contributed by atoms with Crippen molar-refractivity contribution in [3.05, 3.63) is 68.7 Å². The van der Waals surface area contributed by atoms with Gasteiger partial charge in [0.25, 0.3) is 0 Å². The Morgan fingerprint density at radius 2 is 1.78 bits per heavy atom. The van der Waals surface area contributed by atoms with Gasteiger partial charge in [0.05, 0.1) is 16.5 Å². The van der Waals surface area contributed by atoms with Crippen LogP contribution in [0.5, 0.6) is 0 Å². The number of carbonyl (C=O) groups is 2. The maximum Gasteiger partial charge on any atom is 0.242 e. The van der Waals surface area contributed by atoms with Gasteiger partial charge in [-0.25, -0.2) is 0 Å². The molecule has 0 aromatic heterocycles. The number of nitrogens with zero attached hydrogens (tertiary/aromatic N) is 1. The molecule has 27 heavy (non-hydrogen) atoms. The molecule has 0 saturated carbocycles. The fourth-order valence-corrected chi connectivity index (χ4v) is 3.20. The summed E-state index contributed by atoms with van der Waals surface area (Å²) < 4.78 is 0.